The van der Waals surface area contributed by atoms with Crippen molar-refractivity contribution in [3.63, 3.8) is 0 Å². The van der Waals surface area contributed by atoms with Crippen molar-refractivity contribution < 1.29 is 14.3 Å². The molecule has 0 spiro atoms. The lowest BCUT2D eigenvalue weighted by Gasteiger charge is -2.36. The number of nitrogens with zero attached hydrogens (tertiary/aromatic N) is 2. The molecule has 140 valence electrons. The van der Waals surface area contributed by atoms with Crippen LogP contribution >= 0.6 is 12.2 Å². The number of thiocarbonyl (C=S) groups is 1. The van der Waals surface area contributed by atoms with Gasteiger partial charge in [-0.3, -0.25) is 4.79 Å². The second-order valence-electron chi connectivity index (χ2n) is 6.43. The number of ether oxygens (including phenoxy) is 2. The van der Waals surface area contributed by atoms with Gasteiger partial charge in [-0.15, -0.1) is 0 Å². The summed E-state index contributed by atoms with van der Waals surface area (Å²) in [6.45, 7) is 3.83. The van der Waals surface area contributed by atoms with E-state index in [1.165, 1.54) is 0 Å². The summed E-state index contributed by atoms with van der Waals surface area (Å²) < 4.78 is 11.1. The Labute approximate surface area is 163 Å². The van der Waals surface area contributed by atoms with Crippen LogP contribution in [0.4, 0.5) is 5.69 Å². The van der Waals surface area contributed by atoms with Crippen LogP contribution in [0.15, 0.2) is 48.5 Å². The third-order valence-electron chi connectivity index (χ3n) is 4.67. The number of nitrogens with one attached hydrogen (secondary N) is 1. The maximum atomic E-state index is 12.5. The van der Waals surface area contributed by atoms with Crippen molar-refractivity contribution in [3.8, 4) is 11.5 Å². The summed E-state index contributed by atoms with van der Waals surface area (Å²) in [5.41, 5.74) is 1.59. The summed E-state index contributed by atoms with van der Waals surface area (Å²) in [5, 5.41) is 3.91. The molecule has 1 saturated heterocycles. The number of carbonyl (C=O) groups excluding carboxylic acids is 1. The topological polar surface area (TPSA) is 54.0 Å². The van der Waals surface area contributed by atoms with Crippen molar-refractivity contribution in [1.29, 1.82) is 0 Å². The lowest BCUT2D eigenvalue weighted by Crippen LogP contribution is -2.51. The maximum Gasteiger partial charge on any atom is 0.253 e. The summed E-state index contributed by atoms with van der Waals surface area (Å²) in [5.74, 6) is 1.55. The van der Waals surface area contributed by atoms with Crippen molar-refractivity contribution in [1.82, 2.24) is 9.80 Å². The summed E-state index contributed by atoms with van der Waals surface area (Å²) in [7, 11) is 0. The van der Waals surface area contributed by atoms with Crippen LogP contribution in [0, 0.1) is 0 Å². The molecule has 0 unspecified atom stereocenters. The van der Waals surface area contributed by atoms with Gasteiger partial charge in [-0.1, -0.05) is 18.2 Å². The van der Waals surface area contributed by atoms with Crippen LogP contribution in [0.5, 0.6) is 11.5 Å². The Morgan fingerprint density at radius 1 is 0.889 bits per heavy atom. The van der Waals surface area contributed by atoms with Crippen molar-refractivity contribution in [2.45, 2.75) is 0 Å². The molecule has 27 heavy (non-hydrogen) atoms. The molecule has 0 aliphatic carbocycles. The minimum atomic E-state index is 0.0703. The fourth-order valence-corrected chi connectivity index (χ4v) is 3.50. The molecule has 2 aromatic rings. The first kappa shape index (κ1) is 17.6. The third-order valence-corrected chi connectivity index (χ3v) is 5.03. The molecule has 0 saturated carbocycles. The average molecular weight is 383 g/mol. The van der Waals surface area contributed by atoms with Gasteiger partial charge in [0, 0.05) is 43.5 Å². The number of benzene rings is 2. The molecule has 1 amide bonds. The molecular formula is C20H21N3O3S. The zero-order valence-electron chi connectivity index (χ0n) is 14.9. The van der Waals surface area contributed by atoms with Crippen LogP contribution in [-0.4, -0.2) is 60.2 Å². The molecule has 7 heteroatoms. The zero-order valence-corrected chi connectivity index (χ0v) is 15.7. The first-order valence-electron chi connectivity index (χ1n) is 9.00. The van der Waals surface area contributed by atoms with Crippen LogP contribution in [0.2, 0.25) is 0 Å². The summed E-state index contributed by atoms with van der Waals surface area (Å²) in [6.07, 6.45) is 0. The second kappa shape index (κ2) is 7.84. The summed E-state index contributed by atoms with van der Waals surface area (Å²) >= 11 is 5.55. The molecule has 1 fully saturated rings. The molecular weight excluding hydrogens is 362 g/mol. The second-order valence-corrected chi connectivity index (χ2v) is 6.82. The first-order chi connectivity index (χ1) is 13.2. The van der Waals surface area contributed by atoms with Gasteiger partial charge in [0.25, 0.3) is 5.91 Å². The number of rotatable bonds is 2. The Kier molecular flexibility index (Phi) is 5.11. The molecule has 0 aromatic heterocycles. The Hall–Kier alpha value is -2.80. The highest BCUT2D eigenvalue weighted by Gasteiger charge is 2.23. The van der Waals surface area contributed by atoms with Crippen LogP contribution in [-0.2, 0) is 0 Å². The van der Waals surface area contributed by atoms with Gasteiger partial charge in [-0.25, -0.2) is 0 Å². The Morgan fingerprint density at radius 2 is 1.56 bits per heavy atom. The maximum absolute atomic E-state index is 12.5. The predicted octanol–water partition coefficient (Wildman–Crippen LogP) is 2.61. The lowest BCUT2D eigenvalue weighted by atomic mass is 10.2. The number of hydrogen-bond donors (Lipinski definition) is 1. The molecule has 2 aliphatic rings. The largest absolute Gasteiger partial charge is 0.486 e. The molecule has 0 atom stereocenters. The molecule has 2 aliphatic heterocycles. The smallest absolute Gasteiger partial charge is 0.253 e. The van der Waals surface area contributed by atoms with Crippen molar-refractivity contribution >= 4 is 28.9 Å². The summed E-state index contributed by atoms with van der Waals surface area (Å²) in [4.78, 5) is 16.5. The van der Waals surface area contributed by atoms with E-state index in [0.29, 0.717) is 44.5 Å². The minimum absolute atomic E-state index is 0.0703. The number of piperazine rings is 1. The highest BCUT2D eigenvalue weighted by atomic mass is 32.1. The number of carbonyl (C=O) groups is 1. The van der Waals surface area contributed by atoms with Gasteiger partial charge in [0.2, 0.25) is 0 Å². The highest BCUT2D eigenvalue weighted by molar-refractivity contribution is 7.80. The fourth-order valence-electron chi connectivity index (χ4n) is 3.20. The minimum Gasteiger partial charge on any atom is -0.486 e. The third kappa shape index (κ3) is 3.98. The van der Waals surface area contributed by atoms with Crippen LogP contribution in [0.3, 0.4) is 0 Å². The van der Waals surface area contributed by atoms with Crippen LogP contribution in [0.1, 0.15) is 10.4 Å². The molecule has 2 heterocycles. The van der Waals surface area contributed by atoms with E-state index in [9.17, 15) is 4.79 Å². The quantitative estimate of drug-likeness (QED) is 0.805. The number of hydrogen-bond acceptors (Lipinski definition) is 4. The number of amides is 1. The number of fused-ring (bicyclic) bond motifs is 1. The van der Waals surface area contributed by atoms with E-state index >= 15 is 0 Å². The van der Waals surface area contributed by atoms with Crippen molar-refractivity contribution in [2.75, 3.05) is 44.7 Å². The monoisotopic (exact) mass is 383 g/mol. The Balaban J connectivity index is 1.33. The van der Waals surface area contributed by atoms with Crippen molar-refractivity contribution in [3.05, 3.63) is 54.1 Å². The van der Waals surface area contributed by atoms with E-state index in [0.717, 1.165) is 22.7 Å². The van der Waals surface area contributed by atoms with Gasteiger partial charge in [0.1, 0.15) is 13.2 Å². The normalized spacial score (nSPS) is 16.0. The predicted molar refractivity (Wildman–Crippen MR) is 108 cm³/mol. The molecule has 0 radical (unpaired) electrons. The number of anilines is 1. The average Bonchev–Trinajstić information content (AvgIpc) is 2.74. The van der Waals surface area contributed by atoms with Gasteiger partial charge in [-0.2, -0.15) is 0 Å². The van der Waals surface area contributed by atoms with E-state index in [1.807, 2.05) is 53.4 Å². The standard InChI is InChI=1S/C20H21N3O3S/c24-19(15-4-2-1-3-5-15)22-8-10-23(11-9-22)20(27)21-16-6-7-17-18(14-16)26-13-12-25-17/h1-7,14H,8-13H2,(H,21,27). The van der Waals surface area contributed by atoms with Gasteiger partial charge in [0.15, 0.2) is 16.6 Å². The molecule has 4 rings (SSSR count). The van der Waals surface area contributed by atoms with Gasteiger partial charge in [0.05, 0.1) is 0 Å². The van der Waals surface area contributed by atoms with Crippen LogP contribution < -0.4 is 14.8 Å². The Morgan fingerprint density at radius 3 is 2.30 bits per heavy atom. The van der Waals surface area contributed by atoms with E-state index in [1.54, 1.807) is 0 Å². The van der Waals surface area contributed by atoms with E-state index in [2.05, 4.69) is 10.2 Å². The van der Waals surface area contributed by atoms with E-state index in [-0.39, 0.29) is 5.91 Å². The summed E-state index contributed by atoms with van der Waals surface area (Å²) in [6, 6.07) is 15.1. The molecule has 6 nitrogen and oxygen atoms in total. The molecule has 2 aromatic carbocycles. The fraction of sp³-hybridized carbons (Fsp3) is 0.300. The van der Waals surface area contributed by atoms with Gasteiger partial charge in [-0.05, 0) is 36.5 Å². The molecule has 0 bridgehead atoms. The van der Waals surface area contributed by atoms with E-state index < -0.39 is 0 Å². The zero-order chi connectivity index (χ0) is 18.6. The first-order valence-corrected chi connectivity index (χ1v) is 9.41. The SMILES string of the molecule is O=C(c1ccccc1)N1CCN(C(=S)Nc2ccc3c(c2)OCCO3)CC1. The van der Waals surface area contributed by atoms with E-state index in [4.69, 9.17) is 21.7 Å². The lowest BCUT2D eigenvalue weighted by molar-refractivity contribution is 0.0693. The van der Waals surface area contributed by atoms with Gasteiger partial charge >= 0.3 is 0 Å². The van der Waals surface area contributed by atoms with Crippen LogP contribution in [0.25, 0.3) is 0 Å². The highest BCUT2D eigenvalue weighted by Crippen LogP contribution is 2.32. The van der Waals surface area contributed by atoms with Gasteiger partial charge < -0.3 is 24.6 Å². The molecule has 1 N–H and O–H groups in total. The Bertz CT molecular complexity index is 836. The van der Waals surface area contributed by atoms with Crippen molar-refractivity contribution in [2.24, 2.45) is 0 Å².